The van der Waals surface area contributed by atoms with Crippen LogP contribution in [0.3, 0.4) is 0 Å². The lowest BCUT2D eigenvalue weighted by atomic mass is 9.78. The van der Waals surface area contributed by atoms with Gasteiger partial charge in [-0.25, -0.2) is 4.98 Å². The molecule has 2 N–H and O–H groups in total. The maximum atomic E-state index is 6.02. The first-order valence-electron chi connectivity index (χ1n) is 7.28. The SMILES string of the molecule is CC(C)CC1(Cn2cncc2[C@H](C)N)CCCC1. The lowest BCUT2D eigenvalue weighted by Gasteiger charge is -2.32. The summed E-state index contributed by atoms with van der Waals surface area (Å²) in [7, 11) is 0. The van der Waals surface area contributed by atoms with Crippen LogP contribution in [-0.2, 0) is 6.54 Å². The molecule has 102 valence electrons. The van der Waals surface area contributed by atoms with Gasteiger partial charge in [-0.3, -0.25) is 0 Å². The second kappa shape index (κ2) is 5.43. The number of hydrogen-bond donors (Lipinski definition) is 1. The average Bonchev–Trinajstić information content (AvgIpc) is 2.87. The second-order valence-electron chi connectivity index (χ2n) is 6.54. The van der Waals surface area contributed by atoms with E-state index in [0.29, 0.717) is 5.41 Å². The van der Waals surface area contributed by atoms with E-state index in [1.807, 2.05) is 19.4 Å². The Balaban J connectivity index is 2.16. The molecule has 0 aliphatic heterocycles. The topological polar surface area (TPSA) is 43.8 Å². The first kappa shape index (κ1) is 13.6. The van der Waals surface area contributed by atoms with Gasteiger partial charge in [0.2, 0.25) is 0 Å². The Morgan fingerprint density at radius 2 is 2.00 bits per heavy atom. The summed E-state index contributed by atoms with van der Waals surface area (Å²) in [4.78, 5) is 4.28. The third-order valence-corrected chi connectivity index (χ3v) is 4.22. The minimum Gasteiger partial charge on any atom is -0.333 e. The molecule has 0 radical (unpaired) electrons. The zero-order valence-corrected chi connectivity index (χ0v) is 12.0. The largest absolute Gasteiger partial charge is 0.333 e. The summed E-state index contributed by atoms with van der Waals surface area (Å²) >= 11 is 0. The highest BCUT2D eigenvalue weighted by atomic mass is 15.1. The third kappa shape index (κ3) is 2.94. The summed E-state index contributed by atoms with van der Waals surface area (Å²) in [5, 5.41) is 0. The summed E-state index contributed by atoms with van der Waals surface area (Å²) < 4.78 is 2.29. The number of hydrogen-bond acceptors (Lipinski definition) is 2. The Labute approximate surface area is 111 Å². The van der Waals surface area contributed by atoms with Crippen molar-refractivity contribution < 1.29 is 0 Å². The molecule has 3 heteroatoms. The van der Waals surface area contributed by atoms with Crippen molar-refractivity contribution in [3.63, 3.8) is 0 Å². The molecular weight excluding hydrogens is 222 g/mol. The standard InChI is InChI=1S/C15H27N3/c1-12(2)8-15(6-4-5-7-15)10-18-11-17-9-14(18)13(3)16/h9,11-13H,4-8,10,16H2,1-3H3/t13-/m0/s1. The molecule has 1 saturated carbocycles. The predicted molar refractivity (Wildman–Crippen MR) is 75.2 cm³/mol. The molecule has 0 saturated heterocycles. The summed E-state index contributed by atoms with van der Waals surface area (Å²) in [5.41, 5.74) is 7.67. The lowest BCUT2D eigenvalue weighted by molar-refractivity contribution is 0.194. The molecule has 1 atom stereocenters. The van der Waals surface area contributed by atoms with E-state index in [4.69, 9.17) is 5.73 Å². The van der Waals surface area contributed by atoms with Gasteiger partial charge in [0.05, 0.1) is 12.0 Å². The van der Waals surface area contributed by atoms with Crippen LogP contribution in [0, 0.1) is 11.3 Å². The second-order valence-corrected chi connectivity index (χ2v) is 6.54. The minimum absolute atomic E-state index is 0.0741. The Hall–Kier alpha value is -0.830. The number of nitrogens with two attached hydrogens (primary N) is 1. The molecule has 1 aliphatic rings. The van der Waals surface area contributed by atoms with Crippen LogP contribution in [0.15, 0.2) is 12.5 Å². The molecule has 3 nitrogen and oxygen atoms in total. The van der Waals surface area contributed by atoms with E-state index in [2.05, 4.69) is 23.4 Å². The van der Waals surface area contributed by atoms with Crippen molar-refractivity contribution in [1.29, 1.82) is 0 Å². The molecule has 0 bridgehead atoms. The van der Waals surface area contributed by atoms with E-state index < -0.39 is 0 Å². The Morgan fingerprint density at radius 1 is 1.33 bits per heavy atom. The van der Waals surface area contributed by atoms with Gasteiger partial charge in [0.1, 0.15) is 0 Å². The van der Waals surface area contributed by atoms with E-state index in [9.17, 15) is 0 Å². The first-order valence-corrected chi connectivity index (χ1v) is 7.28. The lowest BCUT2D eigenvalue weighted by Crippen LogP contribution is -2.27. The molecule has 1 heterocycles. The van der Waals surface area contributed by atoms with Gasteiger partial charge in [-0.15, -0.1) is 0 Å². The van der Waals surface area contributed by atoms with Crippen LogP contribution in [0.4, 0.5) is 0 Å². The summed E-state index contributed by atoms with van der Waals surface area (Å²) in [6, 6.07) is 0.0741. The van der Waals surface area contributed by atoms with Gasteiger partial charge in [-0.2, -0.15) is 0 Å². The van der Waals surface area contributed by atoms with Gasteiger partial charge < -0.3 is 10.3 Å². The zero-order valence-electron chi connectivity index (χ0n) is 12.0. The molecule has 1 fully saturated rings. The van der Waals surface area contributed by atoms with Gasteiger partial charge in [-0.1, -0.05) is 26.7 Å². The van der Waals surface area contributed by atoms with Gasteiger partial charge in [0.25, 0.3) is 0 Å². The van der Waals surface area contributed by atoms with Gasteiger partial charge in [0.15, 0.2) is 0 Å². The number of imidazole rings is 1. The first-order chi connectivity index (χ1) is 8.52. The van der Waals surface area contributed by atoms with Gasteiger partial charge in [0, 0.05) is 18.8 Å². The summed E-state index contributed by atoms with van der Waals surface area (Å²) in [6.07, 6.45) is 10.7. The van der Waals surface area contributed by atoms with Crippen LogP contribution in [0.5, 0.6) is 0 Å². The summed E-state index contributed by atoms with van der Waals surface area (Å²) in [5.74, 6) is 0.769. The van der Waals surface area contributed by atoms with Crippen molar-refractivity contribution in [1.82, 2.24) is 9.55 Å². The highest BCUT2D eigenvalue weighted by Crippen LogP contribution is 2.44. The Kier molecular flexibility index (Phi) is 4.10. The fourth-order valence-corrected chi connectivity index (χ4v) is 3.62. The predicted octanol–water partition coefficient (Wildman–Crippen LogP) is 3.51. The van der Waals surface area contributed by atoms with Crippen molar-refractivity contribution >= 4 is 0 Å². The van der Waals surface area contributed by atoms with E-state index in [1.54, 1.807) is 0 Å². The molecule has 1 aromatic heterocycles. The van der Waals surface area contributed by atoms with Crippen LogP contribution in [0.25, 0.3) is 0 Å². The van der Waals surface area contributed by atoms with Crippen LogP contribution in [0.2, 0.25) is 0 Å². The number of rotatable bonds is 5. The Bertz CT molecular complexity index is 373. The van der Waals surface area contributed by atoms with E-state index >= 15 is 0 Å². The quantitative estimate of drug-likeness (QED) is 0.868. The molecule has 0 unspecified atom stereocenters. The van der Waals surface area contributed by atoms with Crippen molar-refractivity contribution in [2.45, 2.75) is 65.5 Å². The maximum Gasteiger partial charge on any atom is 0.0948 e. The number of aromatic nitrogens is 2. The zero-order chi connectivity index (χ0) is 13.2. The molecular formula is C15H27N3. The van der Waals surface area contributed by atoms with Crippen molar-refractivity contribution in [3.05, 3.63) is 18.2 Å². The monoisotopic (exact) mass is 249 g/mol. The molecule has 18 heavy (non-hydrogen) atoms. The molecule has 1 aliphatic carbocycles. The summed E-state index contributed by atoms with van der Waals surface area (Å²) in [6.45, 7) is 7.81. The van der Waals surface area contributed by atoms with Crippen molar-refractivity contribution in [3.8, 4) is 0 Å². The fourth-order valence-electron chi connectivity index (χ4n) is 3.62. The third-order valence-electron chi connectivity index (χ3n) is 4.22. The van der Waals surface area contributed by atoms with Crippen molar-refractivity contribution in [2.24, 2.45) is 17.1 Å². The average molecular weight is 249 g/mol. The van der Waals surface area contributed by atoms with E-state index in [-0.39, 0.29) is 6.04 Å². The van der Waals surface area contributed by atoms with Crippen LogP contribution in [-0.4, -0.2) is 9.55 Å². The van der Waals surface area contributed by atoms with Crippen molar-refractivity contribution in [2.75, 3.05) is 0 Å². The van der Waals surface area contributed by atoms with E-state index in [0.717, 1.165) is 12.5 Å². The highest BCUT2D eigenvalue weighted by molar-refractivity contribution is 5.04. The highest BCUT2D eigenvalue weighted by Gasteiger charge is 2.35. The normalized spacial score (nSPS) is 20.5. The van der Waals surface area contributed by atoms with Gasteiger partial charge >= 0.3 is 0 Å². The molecule has 0 amide bonds. The van der Waals surface area contributed by atoms with Crippen LogP contribution in [0.1, 0.15) is 64.6 Å². The minimum atomic E-state index is 0.0741. The maximum absolute atomic E-state index is 6.02. The smallest absolute Gasteiger partial charge is 0.0948 e. The van der Waals surface area contributed by atoms with Gasteiger partial charge in [-0.05, 0) is 37.5 Å². The van der Waals surface area contributed by atoms with Crippen LogP contribution < -0.4 is 5.73 Å². The molecule has 1 aromatic rings. The fraction of sp³-hybridized carbons (Fsp3) is 0.800. The molecule has 0 spiro atoms. The van der Waals surface area contributed by atoms with Crippen LogP contribution >= 0.6 is 0 Å². The molecule has 2 rings (SSSR count). The molecule has 0 aromatic carbocycles. The number of nitrogens with zero attached hydrogens (tertiary/aromatic N) is 2. The van der Waals surface area contributed by atoms with E-state index in [1.165, 1.54) is 37.8 Å². The Morgan fingerprint density at radius 3 is 2.56 bits per heavy atom.